The number of aryl methyl sites for hydroxylation is 1. The van der Waals surface area contributed by atoms with E-state index in [4.69, 9.17) is 16.1 Å². The number of carbonyl (C=O) groups is 1. The first-order valence-corrected chi connectivity index (χ1v) is 9.36. The SMILES string of the molecule is Cc1ccccc1CC(=O)Nc1onc(-c2ccc(Cl)cc2)c1-c1ccncn1. The maximum absolute atomic E-state index is 12.7. The molecule has 0 bridgehead atoms. The number of halogens is 1. The highest BCUT2D eigenvalue weighted by Gasteiger charge is 2.22. The van der Waals surface area contributed by atoms with Gasteiger partial charge in [0.1, 0.15) is 12.0 Å². The third-order valence-corrected chi connectivity index (χ3v) is 4.77. The maximum atomic E-state index is 12.7. The van der Waals surface area contributed by atoms with Crippen molar-refractivity contribution in [2.45, 2.75) is 13.3 Å². The van der Waals surface area contributed by atoms with E-state index >= 15 is 0 Å². The lowest BCUT2D eigenvalue weighted by Crippen LogP contribution is -2.15. The van der Waals surface area contributed by atoms with Crippen molar-refractivity contribution in [3.05, 3.63) is 83.3 Å². The lowest BCUT2D eigenvalue weighted by atomic mass is 10.0. The zero-order valence-corrected chi connectivity index (χ0v) is 16.3. The Morgan fingerprint density at radius 2 is 1.90 bits per heavy atom. The zero-order valence-electron chi connectivity index (χ0n) is 15.6. The molecular weight excluding hydrogens is 388 g/mol. The van der Waals surface area contributed by atoms with Crippen LogP contribution >= 0.6 is 11.6 Å². The molecule has 2 aromatic carbocycles. The molecule has 4 aromatic rings. The summed E-state index contributed by atoms with van der Waals surface area (Å²) in [4.78, 5) is 20.9. The van der Waals surface area contributed by atoms with Crippen molar-refractivity contribution in [1.29, 1.82) is 0 Å². The van der Waals surface area contributed by atoms with Crippen molar-refractivity contribution in [2.24, 2.45) is 0 Å². The van der Waals surface area contributed by atoms with Crippen LogP contribution in [0.4, 0.5) is 5.88 Å². The van der Waals surface area contributed by atoms with Crippen molar-refractivity contribution in [3.63, 3.8) is 0 Å². The van der Waals surface area contributed by atoms with Crippen LogP contribution in [0.25, 0.3) is 22.5 Å². The molecule has 29 heavy (non-hydrogen) atoms. The standard InChI is InChI=1S/C22H17ClN4O2/c1-14-4-2-3-5-16(14)12-19(28)26-22-20(18-10-11-24-13-25-18)21(27-29-22)15-6-8-17(23)9-7-15/h2-11,13H,12H2,1H3,(H,26,28). The van der Waals surface area contributed by atoms with E-state index < -0.39 is 0 Å². The molecule has 1 amide bonds. The van der Waals surface area contributed by atoms with Gasteiger partial charge in [-0.05, 0) is 36.2 Å². The van der Waals surface area contributed by atoms with Crippen LogP contribution in [0.3, 0.4) is 0 Å². The topological polar surface area (TPSA) is 80.9 Å². The number of carbonyl (C=O) groups excluding carboxylic acids is 1. The maximum Gasteiger partial charge on any atom is 0.241 e. The van der Waals surface area contributed by atoms with Crippen LogP contribution in [-0.2, 0) is 11.2 Å². The monoisotopic (exact) mass is 404 g/mol. The van der Waals surface area contributed by atoms with Crippen LogP contribution in [0.1, 0.15) is 11.1 Å². The summed E-state index contributed by atoms with van der Waals surface area (Å²) in [5.74, 6) is 0.0423. The quantitative estimate of drug-likeness (QED) is 0.509. The number of anilines is 1. The van der Waals surface area contributed by atoms with E-state index in [2.05, 4.69) is 20.4 Å². The molecule has 0 unspecified atom stereocenters. The Labute approximate surface area is 172 Å². The summed E-state index contributed by atoms with van der Waals surface area (Å²) in [6, 6.07) is 16.7. The van der Waals surface area contributed by atoms with Crippen molar-refractivity contribution in [2.75, 3.05) is 5.32 Å². The van der Waals surface area contributed by atoms with Crippen molar-refractivity contribution in [3.8, 4) is 22.5 Å². The summed E-state index contributed by atoms with van der Waals surface area (Å²) >= 11 is 6.00. The molecule has 2 aromatic heterocycles. The lowest BCUT2D eigenvalue weighted by Gasteiger charge is -2.07. The molecule has 0 aliphatic carbocycles. The second kappa shape index (κ2) is 8.24. The van der Waals surface area contributed by atoms with Crippen molar-refractivity contribution >= 4 is 23.4 Å². The molecule has 0 aliphatic heterocycles. The first kappa shape index (κ1) is 18.8. The molecular formula is C22H17ClN4O2. The number of hydrogen-bond acceptors (Lipinski definition) is 5. The predicted molar refractivity (Wildman–Crippen MR) is 111 cm³/mol. The molecule has 0 aliphatic rings. The van der Waals surface area contributed by atoms with Gasteiger partial charge in [0.2, 0.25) is 11.8 Å². The minimum atomic E-state index is -0.201. The number of amides is 1. The second-order valence-corrected chi connectivity index (χ2v) is 6.92. The largest absolute Gasteiger partial charge is 0.337 e. The van der Waals surface area contributed by atoms with Gasteiger partial charge in [-0.15, -0.1) is 0 Å². The van der Waals surface area contributed by atoms with Crippen molar-refractivity contribution < 1.29 is 9.32 Å². The Bertz CT molecular complexity index is 1140. The number of nitrogens with zero attached hydrogens (tertiary/aromatic N) is 3. The van der Waals surface area contributed by atoms with Gasteiger partial charge in [-0.3, -0.25) is 10.1 Å². The normalized spacial score (nSPS) is 10.7. The molecule has 0 spiro atoms. The summed E-state index contributed by atoms with van der Waals surface area (Å²) in [6.07, 6.45) is 3.29. The molecule has 2 heterocycles. The van der Waals surface area contributed by atoms with E-state index in [1.54, 1.807) is 24.4 Å². The molecule has 144 valence electrons. The van der Waals surface area contributed by atoms with E-state index in [-0.39, 0.29) is 18.2 Å². The fourth-order valence-corrected chi connectivity index (χ4v) is 3.13. The van der Waals surface area contributed by atoms with Gasteiger partial charge >= 0.3 is 0 Å². The number of nitrogens with one attached hydrogen (secondary N) is 1. The fourth-order valence-electron chi connectivity index (χ4n) is 3.01. The lowest BCUT2D eigenvalue weighted by molar-refractivity contribution is -0.115. The minimum Gasteiger partial charge on any atom is -0.337 e. The minimum absolute atomic E-state index is 0.201. The average molecular weight is 405 g/mol. The van der Waals surface area contributed by atoms with Gasteiger partial charge in [-0.1, -0.05) is 53.2 Å². The van der Waals surface area contributed by atoms with Crippen LogP contribution in [0.15, 0.2) is 71.6 Å². The highest BCUT2D eigenvalue weighted by atomic mass is 35.5. The third kappa shape index (κ3) is 4.17. The van der Waals surface area contributed by atoms with Gasteiger partial charge in [0.05, 0.1) is 17.7 Å². The summed E-state index contributed by atoms with van der Waals surface area (Å²) in [5.41, 5.74) is 4.55. The first-order valence-electron chi connectivity index (χ1n) is 8.98. The highest BCUT2D eigenvalue weighted by Crippen LogP contribution is 2.37. The average Bonchev–Trinajstić information content (AvgIpc) is 3.14. The molecule has 1 N–H and O–H groups in total. The summed E-state index contributed by atoms with van der Waals surface area (Å²) < 4.78 is 5.50. The first-order chi connectivity index (χ1) is 14.1. The highest BCUT2D eigenvalue weighted by molar-refractivity contribution is 6.30. The van der Waals surface area contributed by atoms with E-state index in [9.17, 15) is 4.79 Å². The van der Waals surface area contributed by atoms with Crippen LogP contribution in [-0.4, -0.2) is 21.0 Å². The second-order valence-electron chi connectivity index (χ2n) is 6.49. The van der Waals surface area contributed by atoms with E-state index in [0.29, 0.717) is 22.0 Å². The summed E-state index contributed by atoms with van der Waals surface area (Å²) in [5, 5.41) is 7.63. The Kier molecular flexibility index (Phi) is 5.35. The van der Waals surface area contributed by atoms with Gasteiger partial charge in [-0.2, -0.15) is 0 Å². The third-order valence-electron chi connectivity index (χ3n) is 4.51. The van der Waals surface area contributed by atoms with Crippen molar-refractivity contribution in [1.82, 2.24) is 15.1 Å². The van der Waals surface area contributed by atoms with Gasteiger partial charge in [-0.25, -0.2) is 9.97 Å². The Morgan fingerprint density at radius 1 is 1.10 bits per heavy atom. The van der Waals surface area contributed by atoms with Crippen LogP contribution in [0, 0.1) is 6.92 Å². The molecule has 0 saturated heterocycles. The Balaban J connectivity index is 1.69. The molecule has 0 saturated carbocycles. The van der Waals surface area contributed by atoms with Gasteiger partial charge in [0.15, 0.2) is 0 Å². The van der Waals surface area contributed by atoms with Crippen LogP contribution < -0.4 is 5.32 Å². The summed E-state index contributed by atoms with van der Waals surface area (Å²) in [7, 11) is 0. The predicted octanol–water partition coefficient (Wildman–Crippen LogP) is 4.94. The fraction of sp³-hybridized carbons (Fsp3) is 0.0909. The van der Waals surface area contributed by atoms with Gasteiger partial charge in [0.25, 0.3) is 0 Å². The van der Waals surface area contributed by atoms with E-state index in [1.165, 1.54) is 6.33 Å². The van der Waals surface area contributed by atoms with E-state index in [0.717, 1.165) is 16.7 Å². The number of rotatable bonds is 5. The molecule has 0 atom stereocenters. The molecule has 0 fully saturated rings. The molecule has 7 heteroatoms. The van der Waals surface area contributed by atoms with Gasteiger partial charge in [0, 0.05) is 16.8 Å². The molecule has 0 radical (unpaired) electrons. The van der Waals surface area contributed by atoms with Crippen LogP contribution in [0.2, 0.25) is 5.02 Å². The van der Waals surface area contributed by atoms with E-state index in [1.807, 2.05) is 43.3 Å². The molecule has 4 rings (SSSR count). The Hall–Kier alpha value is -3.51. The number of aromatic nitrogens is 3. The summed E-state index contributed by atoms with van der Waals surface area (Å²) in [6.45, 7) is 1.97. The smallest absolute Gasteiger partial charge is 0.241 e. The number of hydrogen-bond donors (Lipinski definition) is 1. The number of benzene rings is 2. The van der Waals surface area contributed by atoms with Gasteiger partial charge < -0.3 is 4.52 Å². The van der Waals surface area contributed by atoms with Crippen LogP contribution in [0.5, 0.6) is 0 Å². The zero-order chi connectivity index (χ0) is 20.2. The Morgan fingerprint density at radius 3 is 2.62 bits per heavy atom. The molecule has 6 nitrogen and oxygen atoms in total.